The number of hydrogen-bond acceptors (Lipinski definition) is 6. The molecule has 1 rings (SSSR count). The lowest BCUT2D eigenvalue weighted by Gasteiger charge is -2.36. The number of aliphatic hydroxyl groups excluding tert-OH is 2. The summed E-state index contributed by atoms with van der Waals surface area (Å²) in [5, 5.41) is 19.4. The lowest BCUT2D eigenvalue weighted by atomic mass is 10.0. The average molecular weight is 304 g/mol. The van der Waals surface area contributed by atoms with E-state index in [2.05, 4.69) is 0 Å². The van der Waals surface area contributed by atoms with E-state index in [1.54, 1.807) is 6.92 Å². The van der Waals surface area contributed by atoms with Gasteiger partial charge in [-0.15, -0.1) is 0 Å². The van der Waals surface area contributed by atoms with Crippen molar-refractivity contribution < 1.29 is 29.2 Å². The highest BCUT2D eigenvalue weighted by Gasteiger charge is 2.35. The molecule has 1 aliphatic heterocycles. The number of unbranched alkanes of at least 4 members (excludes halogenated alkanes) is 1. The Morgan fingerprint density at radius 2 is 2.10 bits per heavy atom. The van der Waals surface area contributed by atoms with Crippen molar-refractivity contribution in [2.24, 2.45) is 0 Å². The molecule has 0 saturated carbocycles. The largest absolute Gasteiger partial charge is 0.466 e. The Kier molecular flexibility index (Phi) is 8.18. The maximum absolute atomic E-state index is 11.5. The zero-order valence-electron chi connectivity index (χ0n) is 13.2. The van der Waals surface area contributed by atoms with Crippen molar-refractivity contribution in [3.8, 4) is 0 Å². The Bertz CT molecular complexity index is 309. The van der Waals surface area contributed by atoms with E-state index in [0.717, 1.165) is 12.8 Å². The number of rotatable bonds is 8. The lowest BCUT2D eigenvalue weighted by molar-refractivity contribution is -0.273. The minimum absolute atomic E-state index is 0.229. The van der Waals surface area contributed by atoms with E-state index in [-0.39, 0.29) is 31.0 Å². The van der Waals surface area contributed by atoms with E-state index in [1.165, 1.54) is 0 Å². The molecule has 1 aliphatic rings. The van der Waals surface area contributed by atoms with E-state index in [1.807, 2.05) is 13.8 Å². The van der Waals surface area contributed by atoms with E-state index >= 15 is 0 Å². The molecule has 0 amide bonds. The van der Waals surface area contributed by atoms with Gasteiger partial charge < -0.3 is 24.4 Å². The van der Waals surface area contributed by atoms with Crippen LogP contribution in [-0.4, -0.2) is 53.5 Å². The van der Waals surface area contributed by atoms with Gasteiger partial charge in [0.15, 0.2) is 6.29 Å². The first kappa shape index (κ1) is 18.4. The van der Waals surface area contributed by atoms with Crippen LogP contribution in [0, 0.1) is 0 Å². The van der Waals surface area contributed by atoms with E-state index in [0.29, 0.717) is 13.0 Å². The number of hydrogen-bond donors (Lipinski definition) is 2. The van der Waals surface area contributed by atoms with Crippen LogP contribution < -0.4 is 0 Å². The zero-order chi connectivity index (χ0) is 15.8. The third kappa shape index (κ3) is 6.74. The lowest BCUT2D eigenvalue weighted by Crippen LogP contribution is -2.48. The molecule has 0 aromatic heterocycles. The molecule has 0 radical (unpaired) electrons. The summed E-state index contributed by atoms with van der Waals surface area (Å²) in [5.41, 5.74) is 0. The number of esters is 1. The molecule has 124 valence electrons. The van der Waals surface area contributed by atoms with E-state index < -0.39 is 18.5 Å². The van der Waals surface area contributed by atoms with Crippen LogP contribution >= 0.6 is 0 Å². The van der Waals surface area contributed by atoms with Crippen LogP contribution in [-0.2, 0) is 19.0 Å². The van der Waals surface area contributed by atoms with Crippen LogP contribution in [0.3, 0.4) is 0 Å². The van der Waals surface area contributed by atoms with Gasteiger partial charge in [-0.25, -0.2) is 0 Å². The highest BCUT2D eigenvalue weighted by molar-refractivity contribution is 5.69. The second-order valence-corrected chi connectivity index (χ2v) is 5.64. The first-order valence-electron chi connectivity index (χ1n) is 7.76. The third-order valence-electron chi connectivity index (χ3n) is 3.57. The minimum Gasteiger partial charge on any atom is -0.466 e. The SMILES string of the molecule is CCCCOC(=O)CC[C@@H](C)O[C@@H]1OC(C)[C@H](O)C[C@@H]1O. The molecule has 0 spiro atoms. The monoisotopic (exact) mass is 304 g/mol. The molecule has 2 N–H and O–H groups in total. The van der Waals surface area contributed by atoms with Crippen molar-refractivity contribution in [3.05, 3.63) is 0 Å². The molecule has 0 bridgehead atoms. The van der Waals surface area contributed by atoms with Gasteiger partial charge in [0.25, 0.3) is 0 Å². The summed E-state index contributed by atoms with van der Waals surface area (Å²) in [4.78, 5) is 11.5. The fourth-order valence-corrected chi connectivity index (χ4v) is 2.09. The van der Waals surface area contributed by atoms with E-state index in [9.17, 15) is 15.0 Å². The molecule has 0 aliphatic carbocycles. The predicted octanol–water partition coefficient (Wildman–Crippen LogP) is 1.37. The van der Waals surface area contributed by atoms with Gasteiger partial charge in [-0.1, -0.05) is 13.3 Å². The van der Waals surface area contributed by atoms with Gasteiger partial charge in [-0.05, 0) is 26.7 Å². The van der Waals surface area contributed by atoms with Crippen LogP contribution in [0.15, 0.2) is 0 Å². The van der Waals surface area contributed by atoms with Crippen molar-refractivity contribution in [1.82, 2.24) is 0 Å². The standard InChI is InChI=1S/C15H28O6/c1-4-5-8-19-14(18)7-6-10(2)20-15-13(17)9-12(16)11(3)21-15/h10-13,15-17H,4-9H2,1-3H3/t10-,11?,12-,13+,15-/m1/s1. The molecular formula is C15H28O6. The summed E-state index contributed by atoms with van der Waals surface area (Å²) in [6, 6.07) is 0. The summed E-state index contributed by atoms with van der Waals surface area (Å²) < 4.78 is 16.1. The summed E-state index contributed by atoms with van der Waals surface area (Å²) in [5.74, 6) is -0.229. The maximum atomic E-state index is 11.5. The van der Waals surface area contributed by atoms with Crippen molar-refractivity contribution in [2.45, 2.75) is 83.6 Å². The molecule has 21 heavy (non-hydrogen) atoms. The second-order valence-electron chi connectivity index (χ2n) is 5.64. The zero-order valence-corrected chi connectivity index (χ0v) is 13.2. The van der Waals surface area contributed by atoms with Crippen molar-refractivity contribution in [3.63, 3.8) is 0 Å². The molecule has 0 aromatic carbocycles. The fourth-order valence-electron chi connectivity index (χ4n) is 2.09. The van der Waals surface area contributed by atoms with Crippen LogP contribution in [0.2, 0.25) is 0 Å². The van der Waals surface area contributed by atoms with Gasteiger partial charge in [0.2, 0.25) is 0 Å². The van der Waals surface area contributed by atoms with Gasteiger partial charge in [0.05, 0.1) is 24.9 Å². The number of ether oxygens (including phenoxy) is 3. The number of carbonyl (C=O) groups excluding carboxylic acids is 1. The molecule has 1 saturated heterocycles. The average Bonchev–Trinajstić information content (AvgIpc) is 2.43. The Balaban J connectivity index is 2.23. The molecule has 1 fully saturated rings. The van der Waals surface area contributed by atoms with Crippen LogP contribution in [0.25, 0.3) is 0 Å². The quantitative estimate of drug-likeness (QED) is 0.520. The minimum atomic E-state index is -0.852. The highest BCUT2D eigenvalue weighted by Crippen LogP contribution is 2.22. The molecule has 0 aromatic rings. The first-order chi connectivity index (χ1) is 9.93. The Hall–Kier alpha value is -0.690. The van der Waals surface area contributed by atoms with Gasteiger partial charge in [-0.2, -0.15) is 0 Å². The molecule has 6 nitrogen and oxygen atoms in total. The van der Waals surface area contributed by atoms with Crippen LogP contribution in [0.4, 0.5) is 0 Å². The molecule has 6 heteroatoms. The Labute approximate surface area is 126 Å². The van der Waals surface area contributed by atoms with Gasteiger partial charge >= 0.3 is 5.97 Å². The number of carbonyl (C=O) groups is 1. The molecular weight excluding hydrogens is 276 g/mol. The van der Waals surface area contributed by atoms with Crippen molar-refractivity contribution in [2.75, 3.05) is 6.61 Å². The Morgan fingerprint density at radius 3 is 2.76 bits per heavy atom. The Morgan fingerprint density at radius 1 is 1.38 bits per heavy atom. The highest BCUT2D eigenvalue weighted by atomic mass is 16.7. The molecule has 5 atom stereocenters. The fraction of sp³-hybridized carbons (Fsp3) is 0.933. The second kappa shape index (κ2) is 9.35. The molecule has 1 heterocycles. The maximum Gasteiger partial charge on any atom is 0.305 e. The van der Waals surface area contributed by atoms with Gasteiger partial charge in [0.1, 0.15) is 6.10 Å². The topological polar surface area (TPSA) is 85.2 Å². The van der Waals surface area contributed by atoms with Gasteiger partial charge in [-0.3, -0.25) is 4.79 Å². The summed E-state index contributed by atoms with van der Waals surface area (Å²) in [6.45, 7) is 6.06. The third-order valence-corrected chi connectivity index (χ3v) is 3.57. The predicted molar refractivity (Wildman–Crippen MR) is 76.6 cm³/mol. The van der Waals surface area contributed by atoms with Crippen molar-refractivity contribution >= 4 is 5.97 Å². The smallest absolute Gasteiger partial charge is 0.305 e. The van der Waals surface area contributed by atoms with Gasteiger partial charge in [0, 0.05) is 12.8 Å². The summed E-state index contributed by atoms with van der Waals surface area (Å²) in [7, 11) is 0. The first-order valence-corrected chi connectivity index (χ1v) is 7.76. The molecule has 1 unspecified atom stereocenters. The number of aliphatic hydroxyl groups is 2. The van der Waals surface area contributed by atoms with Crippen LogP contribution in [0.1, 0.15) is 52.9 Å². The summed E-state index contributed by atoms with van der Waals surface area (Å²) in [6.07, 6.45) is 0.00928. The van der Waals surface area contributed by atoms with Crippen LogP contribution in [0.5, 0.6) is 0 Å². The van der Waals surface area contributed by atoms with Crippen molar-refractivity contribution in [1.29, 1.82) is 0 Å². The van der Waals surface area contributed by atoms with E-state index in [4.69, 9.17) is 14.2 Å². The normalized spacial score (nSPS) is 30.9. The summed E-state index contributed by atoms with van der Waals surface area (Å²) >= 11 is 0.